The molecule has 0 bridgehead atoms. The van der Waals surface area contributed by atoms with Crippen LogP contribution in [0.2, 0.25) is 5.02 Å². The van der Waals surface area contributed by atoms with Crippen molar-refractivity contribution in [2.24, 2.45) is 0 Å². The number of aryl methyl sites for hydroxylation is 1. The number of anilines is 1. The van der Waals surface area contributed by atoms with Crippen LogP contribution in [0.1, 0.15) is 43.7 Å². The van der Waals surface area contributed by atoms with Crippen LogP contribution in [0.5, 0.6) is 0 Å². The number of amides is 2. The Hall–Kier alpha value is -2.65. The first-order valence-corrected chi connectivity index (χ1v) is 13.8. The summed E-state index contributed by atoms with van der Waals surface area (Å²) < 4.78 is 39.8. The zero-order valence-electron chi connectivity index (χ0n) is 20.1. The molecule has 7 nitrogen and oxygen atoms in total. The minimum Gasteiger partial charge on any atom is -0.352 e. The molecule has 0 aromatic heterocycles. The third-order valence-corrected chi connectivity index (χ3v) is 7.60. The fraction of sp³-hybridized carbons (Fsp3) is 0.440. The standard InChI is InChI=1S/C25H31ClFN3O4S/c1-17-14-20(26)10-13-23(17)30(35(3,33)34)16-24(31)29(15-19-8-11-21(27)12-9-19)18(2)25(32)28-22-6-4-5-7-22/h8-14,18,22H,4-7,15-16H2,1-3H3,(H,28,32)/t18-/m0/s1. The number of carbonyl (C=O) groups is 2. The van der Waals surface area contributed by atoms with Gasteiger partial charge in [-0.2, -0.15) is 0 Å². The molecule has 2 aromatic carbocycles. The first-order chi connectivity index (χ1) is 16.5. The second kappa shape index (κ2) is 11.4. The Labute approximate surface area is 211 Å². The van der Waals surface area contributed by atoms with Crippen molar-refractivity contribution in [1.82, 2.24) is 10.2 Å². The van der Waals surface area contributed by atoms with E-state index < -0.39 is 34.3 Å². The smallest absolute Gasteiger partial charge is 0.244 e. The number of carbonyl (C=O) groups excluding carboxylic acids is 2. The van der Waals surface area contributed by atoms with Crippen molar-refractivity contribution in [1.29, 1.82) is 0 Å². The lowest BCUT2D eigenvalue weighted by molar-refractivity contribution is -0.139. The van der Waals surface area contributed by atoms with Gasteiger partial charge in [0.05, 0.1) is 11.9 Å². The van der Waals surface area contributed by atoms with Gasteiger partial charge in [0.1, 0.15) is 18.4 Å². The van der Waals surface area contributed by atoms with E-state index in [0.29, 0.717) is 21.8 Å². The van der Waals surface area contributed by atoms with E-state index in [-0.39, 0.29) is 18.5 Å². The molecular weight excluding hydrogens is 493 g/mol. The topological polar surface area (TPSA) is 86.8 Å². The van der Waals surface area contributed by atoms with E-state index >= 15 is 0 Å². The number of benzene rings is 2. The molecule has 0 unspecified atom stereocenters. The molecule has 1 aliphatic carbocycles. The van der Waals surface area contributed by atoms with Gasteiger partial charge in [0, 0.05) is 17.6 Å². The predicted molar refractivity (Wildman–Crippen MR) is 135 cm³/mol. The van der Waals surface area contributed by atoms with Gasteiger partial charge in [0.2, 0.25) is 21.8 Å². The fourth-order valence-electron chi connectivity index (χ4n) is 4.25. The first-order valence-electron chi connectivity index (χ1n) is 11.5. The number of hydrogen-bond acceptors (Lipinski definition) is 4. The quantitative estimate of drug-likeness (QED) is 0.537. The third-order valence-electron chi connectivity index (χ3n) is 6.24. The molecular formula is C25H31ClFN3O4S. The second-order valence-corrected chi connectivity index (χ2v) is 11.4. The van der Waals surface area contributed by atoms with Crippen molar-refractivity contribution >= 4 is 39.1 Å². The Morgan fingerprint density at radius 3 is 2.34 bits per heavy atom. The van der Waals surface area contributed by atoms with Gasteiger partial charge in [0.15, 0.2) is 0 Å². The fourth-order valence-corrected chi connectivity index (χ4v) is 5.39. The zero-order chi connectivity index (χ0) is 25.8. The largest absolute Gasteiger partial charge is 0.352 e. The molecule has 1 atom stereocenters. The molecule has 1 N–H and O–H groups in total. The lowest BCUT2D eigenvalue weighted by atomic mass is 10.1. The first kappa shape index (κ1) is 26.9. The summed E-state index contributed by atoms with van der Waals surface area (Å²) in [7, 11) is -3.83. The van der Waals surface area contributed by atoms with Crippen LogP contribution in [-0.4, -0.2) is 50.0 Å². The molecule has 0 radical (unpaired) electrons. The van der Waals surface area contributed by atoms with Gasteiger partial charge < -0.3 is 10.2 Å². The molecule has 10 heteroatoms. The highest BCUT2D eigenvalue weighted by atomic mass is 35.5. The summed E-state index contributed by atoms with van der Waals surface area (Å²) in [5.74, 6) is -1.27. The highest BCUT2D eigenvalue weighted by Gasteiger charge is 2.31. The Kier molecular flexibility index (Phi) is 8.77. The molecule has 35 heavy (non-hydrogen) atoms. The number of sulfonamides is 1. The van der Waals surface area contributed by atoms with Crippen LogP contribution >= 0.6 is 11.6 Å². The second-order valence-electron chi connectivity index (χ2n) is 9.01. The molecule has 0 heterocycles. The normalized spacial score (nSPS) is 15.0. The van der Waals surface area contributed by atoms with Gasteiger partial charge in [-0.1, -0.05) is 36.6 Å². The van der Waals surface area contributed by atoms with E-state index in [1.807, 2.05) is 0 Å². The number of rotatable bonds is 9. The van der Waals surface area contributed by atoms with E-state index in [9.17, 15) is 22.4 Å². The highest BCUT2D eigenvalue weighted by molar-refractivity contribution is 7.92. The Balaban J connectivity index is 1.89. The maximum absolute atomic E-state index is 13.5. The van der Waals surface area contributed by atoms with Crippen LogP contribution in [0.3, 0.4) is 0 Å². The maximum Gasteiger partial charge on any atom is 0.244 e. The summed E-state index contributed by atoms with van der Waals surface area (Å²) in [6, 6.07) is 9.56. The van der Waals surface area contributed by atoms with E-state index in [0.717, 1.165) is 36.2 Å². The monoisotopic (exact) mass is 523 g/mol. The lowest BCUT2D eigenvalue weighted by Gasteiger charge is -2.32. The average Bonchev–Trinajstić information content (AvgIpc) is 3.29. The molecule has 0 spiro atoms. The lowest BCUT2D eigenvalue weighted by Crippen LogP contribution is -2.52. The summed E-state index contributed by atoms with van der Waals surface area (Å²) in [4.78, 5) is 27.9. The van der Waals surface area contributed by atoms with Crippen LogP contribution in [0.15, 0.2) is 42.5 Å². The SMILES string of the molecule is Cc1cc(Cl)ccc1N(CC(=O)N(Cc1ccc(F)cc1)[C@@H](C)C(=O)NC1CCCC1)S(C)(=O)=O. The van der Waals surface area contributed by atoms with Gasteiger partial charge in [-0.15, -0.1) is 0 Å². The number of hydrogen-bond donors (Lipinski definition) is 1. The van der Waals surface area contributed by atoms with Crippen LogP contribution in [0, 0.1) is 12.7 Å². The number of halogens is 2. The summed E-state index contributed by atoms with van der Waals surface area (Å²) in [6.45, 7) is 2.85. The number of nitrogens with zero attached hydrogens (tertiary/aromatic N) is 2. The van der Waals surface area contributed by atoms with E-state index in [1.165, 1.54) is 29.2 Å². The van der Waals surface area contributed by atoms with E-state index in [4.69, 9.17) is 11.6 Å². The van der Waals surface area contributed by atoms with Crippen molar-refractivity contribution < 1.29 is 22.4 Å². The Morgan fingerprint density at radius 2 is 1.77 bits per heavy atom. The Morgan fingerprint density at radius 1 is 1.14 bits per heavy atom. The summed E-state index contributed by atoms with van der Waals surface area (Å²) in [5.41, 5.74) is 1.54. The molecule has 1 fully saturated rings. The highest BCUT2D eigenvalue weighted by Crippen LogP contribution is 2.26. The third kappa shape index (κ3) is 7.18. The van der Waals surface area contributed by atoms with E-state index in [1.54, 1.807) is 32.0 Å². The Bertz CT molecular complexity index is 1170. The molecule has 3 rings (SSSR count). The predicted octanol–water partition coefficient (Wildman–Crippen LogP) is 4.03. The molecule has 1 aliphatic rings. The van der Waals surface area contributed by atoms with Crippen molar-refractivity contribution in [3.05, 3.63) is 64.4 Å². The summed E-state index contributed by atoms with van der Waals surface area (Å²) in [5, 5.41) is 3.45. The molecule has 1 saturated carbocycles. The van der Waals surface area contributed by atoms with Crippen molar-refractivity contribution in [2.45, 2.75) is 58.2 Å². The van der Waals surface area contributed by atoms with Crippen LogP contribution < -0.4 is 9.62 Å². The van der Waals surface area contributed by atoms with Gasteiger partial charge in [-0.05, 0) is 68.1 Å². The van der Waals surface area contributed by atoms with Gasteiger partial charge >= 0.3 is 0 Å². The number of nitrogens with one attached hydrogen (secondary N) is 1. The molecule has 0 aliphatic heterocycles. The molecule has 2 amide bonds. The van der Waals surface area contributed by atoms with Crippen molar-refractivity contribution in [3.63, 3.8) is 0 Å². The molecule has 2 aromatic rings. The summed E-state index contributed by atoms with van der Waals surface area (Å²) in [6.07, 6.45) is 4.89. The van der Waals surface area contributed by atoms with Gasteiger partial charge in [-0.3, -0.25) is 13.9 Å². The minimum atomic E-state index is -3.83. The zero-order valence-corrected chi connectivity index (χ0v) is 21.7. The van der Waals surface area contributed by atoms with Gasteiger partial charge in [0.25, 0.3) is 0 Å². The van der Waals surface area contributed by atoms with E-state index in [2.05, 4.69) is 5.32 Å². The van der Waals surface area contributed by atoms with Gasteiger partial charge in [-0.25, -0.2) is 12.8 Å². The van der Waals surface area contributed by atoms with Crippen LogP contribution in [-0.2, 0) is 26.2 Å². The summed E-state index contributed by atoms with van der Waals surface area (Å²) >= 11 is 6.03. The average molecular weight is 524 g/mol. The maximum atomic E-state index is 13.5. The van der Waals surface area contributed by atoms with Crippen LogP contribution in [0.25, 0.3) is 0 Å². The van der Waals surface area contributed by atoms with Crippen LogP contribution in [0.4, 0.5) is 10.1 Å². The van der Waals surface area contributed by atoms with Crippen molar-refractivity contribution in [3.8, 4) is 0 Å². The minimum absolute atomic E-state index is 0.0234. The van der Waals surface area contributed by atoms with Crippen molar-refractivity contribution in [2.75, 3.05) is 17.1 Å². The molecule has 0 saturated heterocycles. The molecule has 190 valence electrons.